The quantitative estimate of drug-likeness (QED) is 0.739. The molecule has 0 radical (unpaired) electrons. The maximum absolute atomic E-state index is 12.8. The highest BCUT2D eigenvalue weighted by atomic mass is 19.4. The van der Waals surface area contributed by atoms with Gasteiger partial charge in [-0.15, -0.1) is 10.2 Å². The fraction of sp³-hybridized carbons (Fsp3) is 0.176. The van der Waals surface area contributed by atoms with Gasteiger partial charge in [-0.3, -0.25) is 4.79 Å². The summed E-state index contributed by atoms with van der Waals surface area (Å²) in [6.45, 7) is -0.238. The second-order valence-electron chi connectivity index (χ2n) is 5.50. The number of tetrazole rings is 1. The number of benzene rings is 2. The Kier molecular flexibility index (Phi) is 5.06. The molecular formula is C17H14F3N5O2. The maximum atomic E-state index is 12.8. The molecule has 140 valence electrons. The van der Waals surface area contributed by atoms with Crippen LogP contribution in [-0.2, 0) is 17.5 Å². The minimum atomic E-state index is -4.47. The van der Waals surface area contributed by atoms with Crippen molar-refractivity contribution in [3.05, 3.63) is 54.1 Å². The molecule has 0 fully saturated rings. The molecule has 1 N–H and O–H groups in total. The number of hydrogen-bond acceptors (Lipinski definition) is 5. The lowest BCUT2D eigenvalue weighted by molar-refractivity contribution is -0.137. The van der Waals surface area contributed by atoms with E-state index in [9.17, 15) is 18.0 Å². The molecule has 1 heterocycles. The van der Waals surface area contributed by atoms with E-state index in [1.807, 2.05) is 0 Å². The number of nitrogens with zero attached hydrogens (tertiary/aromatic N) is 4. The molecule has 0 aliphatic heterocycles. The lowest BCUT2D eigenvalue weighted by atomic mass is 10.1. The number of halogens is 3. The molecule has 10 heteroatoms. The van der Waals surface area contributed by atoms with Crippen molar-refractivity contribution in [2.75, 3.05) is 12.4 Å². The van der Waals surface area contributed by atoms with Gasteiger partial charge in [0.1, 0.15) is 12.3 Å². The van der Waals surface area contributed by atoms with Gasteiger partial charge in [-0.25, -0.2) is 0 Å². The number of carbonyl (C=O) groups is 1. The summed E-state index contributed by atoms with van der Waals surface area (Å²) in [5.74, 6) is 0.239. The number of hydrogen-bond donors (Lipinski definition) is 1. The SMILES string of the molecule is COc1ccc(NC(=O)Cn2nnc(-c3cccc(C(F)(F)F)c3)n2)cc1. The first kappa shape index (κ1) is 18.4. The average Bonchev–Trinajstić information content (AvgIpc) is 3.10. The van der Waals surface area contributed by atoms with Crippen LogP contribution in [0.5, 0.6) is 5.75 Å². The topological polar surface area (TPSA) is 81.9 Å². The molecule has 0 aliphatic carbocycles. The smallest absolute Gasteiger partial charge is 0.416 e. The van der Waals surface area contributed by atoms with Crippen molar-refractivity contribution in [1.29, 1.82) is 0 Å². The molecule has 3 aromatic rings. The van der Waals surface area contributed by atoms with Crippen molar-refractivity contribution in [2.24, 2.45) is 0 Å². The third-order valence-corrected chi connectivity index (χ3v) is 3.56. The van der Waals surface area contributed by atoms with Crippen molar-refractivity contribution < 1.29 is 22.7 Å². The minimum Gasteiger partial charge on any atom is -0.497 e. The van der Waals surface area contributed by atoms with E-state index in [0.717, 1.165) is 16.9 Å². The molecule has 0 atom stereocenters. The van der Waals surface area contributed by atoms with E-state index < -0.39 is 17.6 Å². The van der Waals surface area contributed by atoms with Crippen molar-refractivity contribution in [3.63, 3.8) is 0 Å². The predicted octanol–water partition coefficient (Wildman–Crippen LogP) is 3.01. The molecule has 7 nitrogen and oxygen atoms in total. The number of ether oxygens (including phenoxy) is 1. The van der Waals surface area contributed by atoms with Crippen LogP contribution in [0, 0.1) is 0 Å². The molecule has 1 amide bonds. The van der Waals surface area contributed by atoms with Crippen LogP contribution in [0.1, 0.15) is 5.56 Å². The Balaban J connectivity index is 1.68. The minimum absolute atomic E-state index is 0.00153. The van der Waals surface area contributed by atoms with Gasteiger partial charge in [0.05, 0.1) is 12.7 Å². The summed E-state index contributed by atoms with van der Waals surface area (Å²) in [6.07, 6.45) is -4.47. The van der Waals surface area contributed by atoms with Crippen molar-refractivity contribution >= 4 is 11.6 Å². The Morgan fingerprint density at radius 3 is 2.59 bits per heavy atom. The highest BCUT2D eigenvalue weighted by Crippen LogP contribution is 2.31. The van der Waals surface area contributed by atoms with Crippen molar-refractivity contribution in [1.82, 2.24) is 20.2 Å². The lowest BCUT2D eigenvalue weighted by Gasteiger charge is -2.06. The van der Waals surface area contributed by atoms with Crippen LogP contribution in [0.4, 0.5) is 18.9 Å². The Morgan fingerprint density at radius 1 is 1.19 bits per heavy atom. The molecular weight excluding hydrogens is 363 g/mol. The van der Waals surface area contributed by atoms with Gasteiger partial charge in [-0.1, -0.05) is 12.1 Å². The summed E-state index contributed by atoms with van der Waals surface area (Å²) in [5.41, 5.74) is -0.0979. The number of nitrogens with one attached hydrogen (secondary N) is 1. The van der Waals surface area contributed by atoms with Crippen LogP contribution in [0.25, 0.3) is 11.4 Å². The third-order valence-electron chi connectivity index (χ3n) is 3.56. The summed E-state index contributed by atoms with van der Waals surface area (Å²) in [5, 5.41) is 14.0. The lowest BCUT2D eigenvalue weighted by Crippen LogP contribution is -2.20. The summed E-state index contributed by atoms with van der Waals surface area (Å²) < 4.78 is 43.4. The number of methoxy groups -OCH3 is 1. The summed E-state index contributed by atoms with van der Waals surface area (Å²) in [7, 11) is 1.53. The normalized spacial score (nSPS) is 11.3. The van der Waals surface area contributed by atoms with Crippen molar-refractivity contribution in [3.8, 4) is 17.1 Å². The Morgan fingerprint density at radius 2 is 1.93 bits per heavy atom. The number of anilines is 1. The van der Waals surface area contributed by atoms with E-state index in [1.165, 1.54) is 19.2 Å². The zero-order valence-corrected chi connectivity index (χ0v) is 14.1. The first-order valence-electron chi connectivity index (χ1n) is 7.74. The Hall–Kier alpha value is -3.43. The summed E-state index contributed by atoms with van der Waals surface area (Å²) in [4.78, 5) is 13.1. The monoisotopic (exact) mass is 377 g/mol. The second-order valence-corrected chi connectivity index (χ2v) is 5.50. The molecule has 2 aromatic carbocycles. The standard InChI is InChI=1S/C17H14F3N5O2/c1-27-14-7-5-13(6-8-14)21-15(26)10-25-23-16(22-24-25)11-3-2-4-12(9-11)17(18,19)20/h2-9H,10H2,1H3,(H,21,26). The van der Waals surface area contributed by atoms with Crippen molar-refractivity contribution in [2.45, 2.75) is 12.7 Å². The van der Waals surface area contributed by atoms with E-state index in [0.29, 0.717) is 11.4 Å². The third kappa shape index (κ3) is 4.60. The van der Waals surface area contributed by atoms with E-state index in [2.05, 4.69) is 20.7 Å². The first-order chi connectivity index (χ1) is 12.8. The van der Waals surface area contributed by atoms with Gasteiger partial charge in [0.15, 0.2) is 0 Å². The van der Waals surface area contributed by atoms with Gasteiger partial charge >= 0.3 is 6.18 Å². The van der Waals surface area contributed by atoms with E-state index in [1.54, 1.807) is 24.3 Å². The molecule has 0 bridgehead atoms. The number of aromatic nitrogens is 4. The zero-order chi connectivity index (χ0) is 19.4. The number of carbonyl (C=O) groups excluding carboxylic acids is 1. The highest BCUT2D eigenvalue weighted by molar-refractivity contribution is 5.90. The molecule has 27 heavy (non-hydrogen) atoms. The van der Waals surface area contributed by atoms with Crippen LogP contribution >= 0.6 is 0 Å². The number of rotatable bonds is 5. The van der Waals surface area contributed by atoms with E-state index >= 15 is 0 Å². The molecule has 0 saturated heterocycles. The van der Waals surface area contributed by atoms with Crippen LogP contribution in [0.2, 0.25) is 0 Å². The van der Waals surface area contributed by atoms with Gasteiger partial charge in [0.2, 0.25) is 11.7 Å². The van der Waals surface area contributed by atoms with Crippen LogP contribution in [-0.4, -0.2) is 33.2 Å². The molecule has 1 aromatic heterocycles. The molecule has 0 saturated carbocycles. The molecule has 3 rings (SSSR count). The largest absolute Gasteiger partial charge is 0.497 e. The second kappa shape index (κ2) is 7.44. The fourth-order valence-electron chi connectivity index (χ4n) is 2.26. The van der Waals surface area contributed by atoms with Gasteiger partial charge in [-0.05, 0) is 41.6 Å². The summed E-state index contributed by atoms with van der Waals surface area (Å²) >= 11 is 0. The average molecular weight is 377 g/mol. The zero-order valence-electron chi connectivity index (χ0n) is 14.1. The Bertz CT molecular complexity index is 938. The van der Waals surface area contributed by atoms with Gasteiger partial charge in [0, 0.05) is 11.3 Å². The molecule has 0 unspecified atom stereocenters. The number of alkyl halides is 3. The van der Waals surface area contributed by atoms with Crippen LogP contribution < -0.4 is 10.1 Å². The first-order valence-corrected chi connectivity index (χ1v) is 7.74. The Labute approximate surface area is 151 Å². The van der Waals surface area contributed by atoms with Gasteiger partial charge in [0.25, 0.3) is 0 Å². The number of amides is 1. The predicted molar refractivity (Wildman–Crippen MR) is 89.9 cm³/mol. The van der Waals surface area contributed by atoms with Crippen LogP contribution in [0.3, 0.4) is 0 Å². The van der Waals surface area contributed by atoms with Crippen LogP contribution in [0.15, 0.2) is 48.5 Å². The fourth-order valence-corrected chi connectivity index (χ4v) is 2.26. The maximum Gasteiger partial charge on any atom is 0.416 e. The highest BCUT2D eigenvalue weighted by Gasteiger charge is 2.30. The van der Waals surface area contributed by atoms with Gasteiger partial charge < -0.3 is 10.1 Å². The van der Waals surface area contributed by atoms with E-state index in [-0.39, 0.29) is 17.9 Å². The molecule has 0 aliphatic rings. The summed E-state index contributed by atoms with van der Waals surface area (Å²) in [6, 6.07) is 11.3. The molecule has 0 spiro atoms. The van der Waals surface area contributed by atoms with Gasteiger partial charge in [-0.2, -0.15) is 18.0 Å². The van der Waals surface area contributed by atoms with E-state index in [4.69, 9.17) is 4.74 Å².